The zero-order chi connectivity index (χ0) is 13.2. The molecule has 2 N–H and O–H groups in total. The molecule has 1 saturated heterocycles. The minimum atomic E-state index is -0.618. The van der Waals surface area contributed by atoms with Gasteiger partial charge in [-0.2, -0.15) is 0 Å². The molecule has 0 aliphatic carbocycles. The SMILES string of the molecule is O=C(NC1(CO)CCOCC1)c1cc(Cl)sc1Cl. The molecule has 0 bridgehead atoms. The van der Waals surface area contributed by atoms with Gasteiger partial charge in [-0.25, -0.2) is 0 Å². The second-order valence-corrected chi connectivity index (χ2v) is 6.53. The summed E-state index contributed by atoms with van der Waals surface area (Å²) in [5, 5.41) is 12.3. The van der Waals surface area contributed by atoms with Crippen LogP contribution in [-0.4, -0.2) is 36.4 Å². The van der Waals surface area contributed by atoms with E-state index in [2.05, 4.69) is 5.32 Å². The summed E-state index contributed by atoms with van der Waals surface area (Å²) in [6.07, 6.45) is 1.18. The average molecular weight is 310 g/mol. The van der Waals surface area contributed by atoms with Gasteiger partial charge in [-0.05, 0) is 18.9 Å². The van der Waals surface area contributed by atoms with Gasteiger partial charge in [0.15, 0.2) is 0 Å². The summed E-state index contributed by atoms with van der Waals surface area (Å²) >= 11 is 12.9. The first-order valence-corrected chi connectivity index (χ1v) is 7.09. The Kier molecular flexibility index (Phi) is 4.50. The van der Waals surface area contributed by atoms with Crippen LogP contribution in [0.25, 0.3) is 0 Å². The van der Waals surface area contributed by atoms with Gasteiger partial charge in [0.25, 0.3) is 5.91 Å². The minimum Gasteiger partial charge on any atom is -0.394 e. The molecule has 1 fully saturated rings. The number of ether oxygens (including phenoxy) is 1. The van der Waals surface area contributed by atoms with Crippen molar-refractivity contribution >= 4 is 40.4 Å². The monoisotopic (exact) mass is 309 g/mol. The number of amides is 1. The lowest BCUT2D eigenvalue weighted by Gasteiger charge is -2.36. The van der Waals surface area contributed by atoms with E-state index < -0.39 is 5.54 Å². The predicted molar refractivity (Wildman–Crippen MR) is 71.7 cm³/mol. The van der Waals surface area contributed by atoms with Gasteiger partial charge >= 0.3 is 0 Å². The van der Waals surface area contributed by atoms with Gasteiger partial charge in [0, 0.05) is 13.2 Å². The molecule has 0 saturated carbocycles. The summed E-state index contributed by atoms with van der Waals surface area (Å²) in [6, 6.07) is 1.54. The molecule has 2 heterocycles. The van der Waals surface area contributed by atoms with Gasteiger partial charge in [-0.3, -0.25) is 4.79 Å². The number of hydrogen-bond acceptors (Lipinski definition) is 4. The Morgan fingerprint density at radius 1 is 1.50 bits per heavy atom. The van der Waals surface area contributed by atoms with Crippen LogP contribution in [-0.2, 0) is 4.74 Å². The summed E-state index contributed by atoms with van der Waals surface area (Å²) in [7, 11) is 0. The first-order valence-electron chi connectivity index (χ1n) is 5.52. The number of thiophene rings is 1. The van der Waals surface area contributed by atoms with E-state index in [0.29, 0.717) is 40.3 Å². The number of rotatable bonds is 3. The quantitative estimate of drug-likeness (QED) is 0.901. The summed E-state index contributed by atoms with van der Waals surface area (Å²) in [4.78, 5) is 12.1. The van der Waals surface area contributed by atoms with Gasteiger partial charge < -0.3 is 15.2 Å². The second-order valence-electron chi connectivity index (χ2n) is 4.24. The third-order valence-corrected chi connectivity index (χ3v) is 4.52. The number of hydrogen-bond donors (Lipinski definition) is 2. The molecule has 0 radical (unpaired) electrons. The van der Waals surface area contributed by atoms with Crippen molar-refractivity contribution in [3.63, 3.8) is 0 Å². The molecule has 4 nitrogen and oxygen atoms in total. The Balaban J connectivity index is 2.12. The maximum Gasteiger partial charge on any atom is 0.254 e. The van der Waals surface area contributed by atoms with Gasteiger partial charge in [0.2, 0.25) is 0 Å². The molecular formula is C11H13Cl2NO3S. The highest BCUT2D eigenvalue weighted by molar-refractivity contribution is 7.20. The van der Waals surface area contributed by atoms with E-state index in [1.54, 1.807) is 0 Å². The Morgan fingerprint density at radius 2 is 2.17 bits per heavy atom. The lowest BCUT2D eigenvalue weighted by atomic mass is 9.90. The molecule has 18 heavy (non-hydrogen) atoms. The maximum absolute atomic E-state index is 12.1. The van der Waals surface area contributed by atoms with Crippen LogP contribution in [0.5, 0.6) is 0 Å². The van der Waals surface area contributed by atoms with Crippen molar-refractivity contribution in [1.82, 2.24) is 5.32 Å². The van der Waals surface area contributed by atoms with E-state index in [0.717, 1.165) is 11.3 Å². The van der Waals surface area contributed by atoms with Crippen LogP contribution in [0.4, 0.5) is 0 Å². The zero-order valence-corrected chi connectivity index (χ0v) is 11.9. The first-order chi connectivity index (χ1) is 8.56. The molecular weight excluding hydrogens is 297 g/mol. The highest BCUT2D eigenvalue weighted by Gasteiger charge is 2.34. The van der Waals surface area contributed by atoms with E-state index in [1.165, 1.54) is 6.07 Å². The second kappa shape index (κ2) is 5.75. The fourth-order valence-electron chi connectivity index (χ4n) is 1.89. The van der Waals surface area contributed by atoms with Crippen molar-refractivity contribution in [2.24, 2.45) is 0 Å². The van der Waals surface area contributed by atoms with Crippen LogP contribution in [0.3, 0.4) is 0 Å². The van der Waals surface area contributed by atoms with Crippen molar-refractivity contribution < 1.29 is 14.6 Å². The van der Waals surface area contributed by atoms with E-state index in [9.17, 15) is 9.90 Å². The Bertz CT molecular complexity index is 443. The summed E-state index contributed by atoms with van der Waals surface area (Å²) in [5.74, 6) is -0.306. The zero-order valence-electron chi connectivity index (χ0n) is 9.54. The number of carbonyl (C=O) groups is 1. The predicted octanol–water partition coefficient (Wildman–Crippen LogP) is 2.33. The van der Waals surface area contributed by atoms with Crippen molar-refractivity contribution in [1.29, 1.82) is 0 Å². The summed E-state index contributed by atoms with van der Waals surface area (Å²) in [6.45, 7) is 0.940. The van der Waals surface area contributed by atoms with Crippen molar-refractivity contribution in [2.75, 3.05) is 19.8 Å². The van der Waals surface area contributed by atoms with Gasteiger partial charge in [-0.15, -0.1) is 11.3 Å². The van der Waals surface area contributed by atoms with Crippen LogP contribution < -0.4 is 5.32 Å². The molecule has 0 atom stereocenters. The fourth-order valence-corrected chi connectivity index (χ4v) is 3.35. The maximum atomic E-state index is 12.1. The first kappa shape index (κ1) is 14.1. The van der Waals surface area contributed by atoms with E-state index in [1.807, 2.05) is 0 Å². The number of nitrogens with one attached hydrogen (secondary N) is 1. The highest BCUT2D eigenvalue weighted by Crippen LogP contribution is 2.31. The average Bonchev–Trinajstić information content (AvgIpc) is 2.70. The van der Waals surface area contributed by atoms with Crippen LogP contribution in [0, 0.1) is 0 Å². The molecule has 1 aliphatic heterocycles. The Labute approximate surface area is 119 Å². The Morgan fingerprint density at radius 3 is 2.67 bits per heavy atom. The summed E-state index contributed by atoms with van der Waals surface area (Å²) in [5.41, 5.74) is -0.265. The van der Waals surface area contributed by atoms with E-state index >= 15 is 0 Å². The lowest BCUT2D eigenvalue weighted by Crippen LogP contribution is -2.54. The van der Waals surface area contributed by atoms with Gasteiger partial charge in [-0.1, -0.05) is 23.2 Å². The number of aliphatic hydroxyl groups excluding tert-OH is 1. The molecule has 1 amide bonds. The van der Waals surface area contributed by atoms with Crippen LogP contribution in [0.1, 0.15) is 23.2 Å². The molecule has 1 aromatic heterocycles. The third kappa shape index (κ3) is 2.97. The lowest BCUT2D eigenvalue weighted by molar-refractivity contribution is 0.0125. The largest absolute Gasteiger partial charge is 0.394 e. The molecule has 0 unspecified atom stereocenters. The molecule has 1 aliphatic rings. The molecule has 0 spiro atoms. The molecule has 7 heteroatoms. The summed E-state index contributed by atoms with van der Waals surface area (Å²) < 4.78 is 6.06. The molecule has 0 aromatic carbocycles. The van der Waals surface area contributed by atoms with Gasteiger partial charge in [0.05, 0.1) is 22.0 Å². The molecule has 100 valence electrons. The van der Waals surface area contributed by atoms with Crippen LogP contribution in [0.15, 0.2) is 6.07 Å². The van der Waals surface area contributed by atoms with Gasteiger partial charge in [0.1, 0.15) is 4.34 Å². The van der Waals surface area contributed by atoms with Crippen molar-refractivity contribution in [3.8, 4) is 0 Å². The van der Waals surface area contributed by atoms with E-state index in [4.69, 9.17) is 27.9 Å². The number of carbonyl (C=O) groups excluding carboxylic acids is 1. The molecule has 1 aromatic rings. The van der Waals surface area contributed by atoms with Crippen LogP contribution in [0.2, 0.25) is 8.67 Å². The fraction of sp³-hybridized carbons (Fsp3) is 0.545. The standard InChI is InChI=1S/C11H13Cl2NO3S/c12-8-5-7(9(13)18-8)10(16)14-11(6-15)1-3-17-4-2-11/h5,15H,1-4,6H2,(H,14,16). The van der Waals surface area contributed by atoms with Crippen molar-refractivity contribution in [2.45, 2.75) is 18.4 Å². The van der Waals surface area contributed by atoms with Crippen molar-refractivity contribution in [3.05, 3.63) is 20.3 Å². The topological polar surface area (TPSA) is 58.6 Å². The molecule has 2 rings (SSSR count). The van der Waals surface area contributed by atoms with E-state index in [-0.39, 0.29) is 12.5 Å². The highest BCUT2D eigenvalue weighted by atomic mass is 35.5. The Hall–Kier alpha value is -0.330. The number of halogens is 2. The normalized spacial score (nSPS) is 18.6. The third-order valence-electron chi connectivity index (χ3n) is 3.03. The smallest absolute Gasteiger partial charge is 0.254 e. The number of aliphatic hydroxyl groups is 1. The van der Waals surface area contributed by atoms with Crippen LogP contribution >= 0.6 is 34.5 Å². The minimum absolute atomic E-state index is 0.114.